The highest BCUT2D eigenvalue weighted by atomic mass is 16.3. The van der Waals surface area contributed by atoms with Crippen molar-refractivity contribution in [2.24, 2.45) is 5.73 Å². The minimum atomic E-state index is 0.0972. The second-order valence-corrected chi connectivity index (χ2v) is 1.46. The number of aliphatic hydroxyl groups is 4. The molecule has 0 aromatic rings. The van der Waals surface area contributed by atoms with Gasteiger partial charge in [0.1, 0.15) is 0 Å². The highest BCUT2D eigenvalue weighted by Gasteiger charge is 1.56. The highest BCUT2D eigenvalue weighted by Crippen LogP contribution is 1.33. The molecule has 5 nitrogen and oxygen atoms in total. The van der Waals surface area contributed by atoms with E-state index in [0.29, 0.717) is 6.54 Å². The van der Waals surface area contributed by atoms with Crippen LogP contribution < -0.4 is 5.73 Å². The predicted molar refractivity (Wildman–Crippen MR) is 54.4 cm³/mol. The molecule has 0 radical (unpaired) electrons. The minimum absolute atomic E-state index is 0.0972. The van der Waals surface area contributed by atoms with Crippen LogP contribution in [0.2, 0.25) is 0 Å². The van der Waals surface area contributed by atoms with E-state index in [9.17, 15) is 0 Å². The summed E-state index contributed by atoms with van der Waals surface area (Å²) >= 11 is 0. The molecule has 0 saturated carbocycles. The summed E-state index contributed by atoms with van der Waals surface area (Å²) in [6.45, 7) is 6.26. The molecule has 0 aromatic carbocycles. The van der Waals surface area contributed by atoms with Gasteiger partial charge in [0.15, 0.2) is 0 Å². The maximum atomic E-state index is 7.75. The molecule has 0 atom stereocenters. The average molecular weight is 199 g/mol. The molecule has 0 aliphatic heterocycles. The van der Waals surface area contributed by atoms with Crippen LogP contribution in [0.4, 0.5) is 0 Å². The van der Waals surface area contributed by atoms with Crippen LogP contribution in [0.3, 0.4) is 0 Å². The molecule has 5 heteroatoms. The molecule has 6 N–H and O–H groups in total. The van der Waals surface area contributed by atoms with Gasteiger partial charge in [-0.15, -0.1) is 0 Å². The fourth-order valence-corrected chi connectivity index (χ4v) is 0. The summed E-state index contributed by atoms with van der Waals surface area (Å²) in [6, 6.07) is 0. The summed E-state index contributed by atoms with van der Waals surface area (Å²) in [7, 11) is 0. The quantitative estimate of drug-likeness (QED) is 0.370. The molecular formula is C8H25NO4. The first-order valence-corrected chi connectivity index (χ1v) is 4.29. The summed E-state index contributed by atoms with van der Waals surface area (Å²) in [6.07, 6.45) is 0. The molecular weight excluding hydrogens is 174 g/mol. The largest absolute Gasteiger partial charge is 0.397 e. The van der Waals surface area contributed by atoms with Crippen LogP contribution in [-0.2, 0) is 0 Å². The van der Waals surface area contributed by atoms with Crippen molar-refractivity contribution in [2.45, 2.75) is 20.8 Å². The van der Waals surface area contributed by atoms with Gasteiger partial charge < -0.3 is 26.2 Å². The third-order valence-corrected chi connectivity index (χ3v) is 0.129. The molecule has 0 aliphatic rings. The Kier molecular flexibility index (Phi) is 106. The van der Waals surface area contributed by atoms with Crippen molar-refractivity contribution < 1.29 is 20.4 Å². The van der Waals surface area contributed by atoms with Gasteiger partial charge in [-0.25, -0.2) is 0 Å². The molecule has 0 rings (SSSR count). The van der Waals surface area contributed by atoms with E-state index >= 15 is 0 Å². The monoisotopic (exact) mass is 199 g/mol. The van der Waals surface area contributed by atoms with Crippen LogP contribution in [-0.4, -0.2) is 53.4 Å². The van der Waals surface area contributed by atoms with E-state index in [1.807, 2.05) is 0 Å². The Morgan fingerprint density at radius 2 is 0.846 bits per heavy atom. The molecule has 86 valence electrons. The molecule has 0 heterocycles. The van der Waals surface area contributed by atoms with Crippen molar-refractivity contribution in [3.8, 4) is 0 Å². The van der Waals surface area contributed by atoms with Gasteiger partial charge in [-0.05, 0) is 20.8 Å². The zero-order chi connectivity index (χ0) is 11.5. The molecule has 0 aliphatic carbocycles. The van der Waals surface area contributed by atoms with E-state index in [4.69, 9.17) is 26.2 Å². The number of rotatable bonds is 1. The lowest BCUT2D eigenvalue weighted by atomic mass is 10.8. The summed E-state index contributed by atoms with van der Waals surface area (Å²) < 4.78 is 0. The first kappa shape index (κ1) is 23.0. The number of aliphatic hydroxyl groups excluding tert-OH is 4. The van der Waals surface area contributed by atoms with E-state index in [1.165, 1.54) is 0 Å². The Balaban J connectivity index is -0.0000000420. The zero-order valence-corrected chi connectivity index (χ0v) is 8.90. The van der Waals surface area contributed by atoms with Gasteiger partial charge in [0.2, 0.25) is 0 Å². The topological polar surface area (TPSA) is 107 Å². The number of nitrogens with two attached hydrogens (primary N) is 1. The van der Waals surface area contributed by atoms with E-state index in [0.717, 1.165) is 0 Å². The summed E-state index contributed by atoms with van der Waals surface area (Å²) in [5, 5.41) is 30.5. The molecule has 13 heavy (non-hydrogen) atoms. The van der Waals surface area contributed by atoms with E-state index in [2.05, 4.69) is 0 Å². The van der Waals surface area contributed by atoms with E-state index in [-0.39, 0.29) is 26.4 Å². The standard InChI is InChI=1S/C2H7NO.3C2H6O/c3-1-2-4;3*1-2-3/h4H,1-3H2;3*3H,2H2,1H3. The third-order valence-electron chi connectivity index (χ3n) is 0.129. The van der Waals surface area contributed by atoms with Crippen LogP contribution in [0.5, 0.6) is 0 Å². The smallest absolute Gasteiger partial charge is 0.0553 e. The van der Waals surface area contributed by atoms with Crippen molar-refractivity contribution in [3.05, 3.63) is 0 Å². The van der Waals surface area contributed by atoms with Crippen molar-refractivity contribution in [1.29, 1.82) is 0 Å². The van der Waals surface area contributed by atoms with E-state index < -0.39 is 0 Å². The van der Waals surface area contributed by atoms with Gasteiger partial charge in [-0.2, -0.15) is 0 Å². The summed E-state index contributed by atoms with van der Waals surface area (Å²) in [5.41, 5.74) is 4.78. The van der Waals surface area contributed by atoms with Gasteiger partial charge in [-0.1, -0.05) is 0 Å². The van der Waals surface area contributed by atoms with Crippen molar-refractivity contribution in [3.63, 3.8) is 0 Å². The van der Waals surface area contributed by atoms with Crippen LogP contribution in [0.15, 0.2) is 0 Å². The summed E-state index contributed by atoms with van der Waals surface area (Å²) in [4.78, 5) is 0. The van der Waals surface area contributed by atoms with Crippen LogP contribution in [0, 0.1) is 0 Å². The van der Waals surface area contributed by atoms with Gasteiger partial charge >= 0.3 is 0 Å². The maximum Gasteiger partial charge on any atom is 0.0553 e. The highest BCUT2D eigenvalue weighted by molar-refractivity contribution is 4.17. The lowest BCUT2D eigenvalue weighted by molar-refractivity contribution is 0.306. The molecule has 0 amide bonds. The Bertz CT molecular complexity index is 32.6. The first-order valence-electron chi connectivity index (χ1n) is 4.29. The Morgan fingerprint density at radius 1 is 0.769 bits per heavy atom. The normalized spacial score (nSPS) is 6.46. The van der Waals surface area contributed by atoms with E-state index in [1.54, 1.807) is 20.8 Å². The SMILES string of the molecule is CCO.CCO.CCO.NCCO. The lowest BCUT2D eigenvalue weighted by Crippen LogP contribution is -2.02. The Labute approximate surface area is 80.8 Å². The Morgan fingerprint density at radius 3 is 0.846 bits per heavy atom. The second-order valence-electron chi connectivity index (χ2n) is 1.46. The zero-order valence-electron chi connectivity index (χ0n) is 8.90. The fourth-order valence-electron chi connectivity index (χ4n) is 0. The molecule has 0 fully saturated rings. The van der Waals surface area contributed by atoms with Gasteiger partial charge in [0.05, 0.1) is 6.61 Å². The van der Waals surface area contributed by atoms with Crippen LogP contribution >= 0.6 is 0 Å². The van der Waals surface area contributed by atoms with Crippen LogP contribution in [0.1, 0.15) is 20.8 Å². The van der Waals surface area contributed by atoms with Crippen molar-refractivity contribution >= 4 is 0 Å². The number of hydrogen-bond donors (Lipinski definition) is 5. The van der Waals surface area contributed by atoms with Gasteiger partial charge in [0.25, 0.3) is 0 Å². The van der Waals surface area contributed by atoms with Gasteiger partial charge in [-0.3, -0.25) is 0 Å². The predicted octanol–water partition coefficient (Wildman–Crippen LogP) is -1.07. The first-order chi connectivity index (χ1) is 6.16. The fraction of sp³-hybridized carbons (Fsp3) is 1.00. The van der Waals surface area contributed by atoms with Crippen LogP contribution in [0.25, 0.3) is 0 Å². The molecule has 0 spiro atoms. The van der Waals surface area contributed by atoms with Crippen molar-refractivity contribution in [1.82, 2.24) is 0 Å². The second kappa shape index (κ2) is 59.7. The summed E-state index contributed by atoms with van der Waals surface area (Å²) in [5.74, 6) is 0. The molecule has 0 bridgehead atoms. The third kappa shape index (κ3) is 1770. The molecule has 0 aromatic heterocycles. The van der Waals surface area contributed by atoms with Gasteiger partial charge in [0, 0.05) is 26.4 Å². The lowest BCUT2D eigenvalue weighted by Gasteiger charge is -1.71. The van der Waals surface area contributed by atoms with Crippen molar-refractivity contribution in [2.75, 3.05) is 33.0 Å². The minimum Gasteiger partial charge on any atom is -0.397 e. The molecule has 0 saturated heterocycles. The number of hydrogen-bond acceptors (Lipinski definition) is 5. The Hall–Kier alpha value is -0.200. The maximum absolute atomic E-state index is 7.75. The average Bonchev–Trinajstić information content (AvgIpc) is 2.08. The molecule has 0 unspecified atom stereocenters.